The Bertz CT molecular complexity index is 442. The van der Waals surface area contributed by atoms with Gasteiger partial charge >= 0.3 is 0 Å². The lowest BCUT2D eigenvalue weighted by molar-refractivity contribution is 0.474. The number of nitrogens with zero attached hydrogens (tertiary/aromatic N) is 1. The summed E-state index contributed by atoms with van der Waals surface area (Å²) in [5.41, 5.74) is 0.947. The topological polar surface area (TPSA) is 38.1 Å². The van der Waals surface area contributed by atoms with E-state index in [-0.39, 0.29) is 6.04 Å². The summed E-state index contributed by atoms with van der Waals surface area (Å²) in [7, 11) is 0. The maximum atomic E-state index is 5.82. The third kappa shape index (κ3) is 2.55. The van der Waals surface area contributed by atoms with Crippen LogP contribution in [0.1, 0.15) is 25.1 Å². The van der Waals surface area contributed by atoms with Gasteiger partial charge in [0.05, 0.1) is 12.3 Å². The molecule has 0 aliphatic carbocycles. The Hall–Kier alpha value is -1.48. The molecule has 0 aliphatic heterocycles. The van der Waals surface area contributed by atoms with Crippen molar-refractivity contribution in [2.24, 2.45) is 0 Å². The van der Waals surface area contributed by atoms with Gasteiger partial charge in [-0.3, -0.25) is 0 Å². The molecule has 0 bridgehead atoms. The van der Waals surface area contributed by atoms with Crippen LogP contribution in [0.5, 0.6) is 0 Å². The van der Waals surface area contributed by atoms with E-state index >= 15 is 0 Å². The van der Waals surface area contributed by atoms with Crippen molar-refractivity contribution < 1.29 is 4.42 Å². The molecule has 1 unspecified atom stereocenters. The van der Waals surface area contributed by atoms with Gasteiger partial charge in [-0.1, -0.05) is 18.5 Å². The lowest BCUT2D eigenvalue weighted by Crippen LogP contribution is -2.08. The fourth-order valence-electron chi connectivity index (χ4n) is 1.56. The molecule has 2 heterocycles. The van der Waals surface area contributed by atoms with Gasteiger partial charge in [-0.15, -0.1) is 0 Å². The summed E-state index contributed by atoms with van der Waals surface area (Å²) < 4.78 is 5.38. The minimum Gasteiger partial charge on any atom is -0.467 e. The van der Waals surface area contributed by atoms with E-state index in [0.29, 0.717) is 5.15 Å². The van der Waals surface area contributed by atoms with Gasteiger partial charge in [0.1, 0.15) is 10.9 Å². The van der Waals surface area contributed by atoms with E-state index in [1.54, 1.807) is 18.5 Å². The smallest absolute Gasteiger partial charge is 0.131 e. The molecule has 0 saturated carbocycles. The molecule has 0 aliphatic rings. The Morgan fingerprint density at radius 2 is 2.38 bits per heavy atom. The summed E-state index contributed by atoms with van der Waals surface area (Å²) in [6.07, 6.45) is 4.30. The second-order valence-electron chi connectivity index (χ2n) is 3.49. The highest BCUT2D eigenvalue weighted by atomic mass is 35.5. The fourth-order valence-corrected chi connectivity index (χ4v) is 1.73. The minimum atomic E-state index is 0.161. The number of hydrogen-bond acceptors (Lipinski definition) is 3. The van der Waals surface area contributed by atoms with Crippen molar-refractivity contribution in [3.05, 3.63) is 47.6 Å². The number of anilines is 1. The Morgan fingerprint density at radius 1 is 1.50 bits per heavy atom. The Morgan fingerprint density at radius 3 is 3.00 bits per heavy atom. The molecule has 0 amide bonds. The summed E-state index contributed by atoms with van der Waals surface area (Å²) >= 11 is 5.82. The Balaban J connectivity index is 2.13. The van der Waals surface area contributed by atoms with Crippen LogP contribution in [-0.2, 0) is 0 Å². The van der Waals surface area contributed by atoms with Crippen molar-refractivity contribution in [3.63, 3.8) is 0 Å². The molecule has 2 aromatic heterocycles. The minimum absolute atomic E-state index is 0.161. The predicted octanol–water partition coefficient (Wildman–Crippen LogP) is 3.89. The largest absolute Gasteiger partial charge is 0.467 e. The van der Waals surface area contributed by atoms with E-state index in [1.165, 1.54) is 0 Å². The molecule has 1 N–H and O–H groups in total. The van der Waals surface area contributed by atoms with Crippen molar-refractivity contribution >= 4 is 17.3 Å². The van der Waals surface area contributed by atoms with Crippen LogP contribution in [-0.4, -0.2) is 4.98 Å². The first kappa shape index (κ1) is 11.0. The van der Waals surface area contributed by atoms with Crippen LogP contribution in [0, 0.1) is 0 Å². The van der Waals surface area contributed by atoms with Crippen molar-refractivity contribution in [2.75, 3.05) is 5.32 Å². The van der Waals surface area contributed by atoms with E-state index in [0.717, 1.165) is 17.9 Å². The van der Waals surface area contributed by atoms with E-state index in [2.05, 4.69) is 17.2 Å². The van der Waals surface area contributed by atoms with Gasteiger partial charge in [0.15, 0.2) is 0 Å². The molecule has 0 aromatic carbocycles. The SMILES string of the molecule is CCC(Nc1ccnc(Cl)c1)c1ccco1. The first-order chi connectivity index (χ1) is 7.79. The fraction of sp³-hybridized carbons (Fsp3) is 0.250. The van der Waals surface area contributed by atoms with Crippen molar-refractivity contribution in [2.45, 2.75) is 19.4 Å². The molecule has 0 fully saturated rings. The molecular weight excluding hydrogens is 224 g/mol. The summed E-state index contributed by atoms with van der Waals surface area (Å²) in [5, 5.41) is 3.84. The van der Waals surface area contributed by atoms with Crippen LogP contribution in [0.3, 0.4) is 0 Å². The first-order valence-corrected chi connectivity index (χ1v) is 5.59. The quantitative estimate of drug-likeness (QED) is 0.819. The second kappa shape index (κ2) is 5.03. The van der Waals surface area contributed by atoms with Crippen LogP contribution in [0.4, 0.5) is 5.69 Å². The number of halogens is 1. The van der Waals surface area contributed by atoms with Crippen molar-refractivity contribution in [1.29, 1.82) is 0 Å². The Kier molecular flexibility index (Phi) is 3.47. The summed E-state index contributed by atoms with van der Waals surface area (Å²) in [4.78, 5) is 3.94. The Labute approximate surface area is 99.5 Å². The third-order valence-corrected chi connectivity index (χ3v) is 2.57. The van der Waals surface area contributed by atoms with Gasteiger partial charge in [0.25, 0.3) is 0 Å². The van der Waals surface area contributed by atoms with Crippen LogP contribution in [0.25, 0.3) is 0 Å². The van der Waals surface area contributed by atoms with E-state index in [1.807, 2.05) is 18.2 Å². The highest BCUT2D eigenvalue weighted by Gasteiger charge is 2.11. The molecule has 0 saturated heterocycles. The zero-order valence-electron chi connectivity index (χ0n) is 8.98. The molecule has 1 atom stereocenters. The number of nitrogens with one attached hydrogen (secondary N) is 1. The monoisotopic (exact) mass is 236 g/mol. The van der Waals surface area contributed by atoms with E-state index < -0.39 is 0 Å². The van der Waals surface area contributed by atoms with Crippen molar-refractivity contribution in [1.82, 2.24) is 4.98 Å². The van der Waals surface area contributed by atoms with Crippen molar-refractivity contribution in [3.8, 4) is 0 Å². The molecule has 0 spiro atoms. The number of hydrogen-bond donors (Lipinski definition) is 1. The number of pyridine rings is 1. The average molecular weight is 237 g/mol. The lowest BCUT2D eigenvalue weighted by atomic mass is 10.1. The van der Waals surface area contributed by atoms with Crippen LogP contribution >= 0.6 is 11.6 Å². The first-order valence-electron chi connectivity index (χ1n) is 5.21. The molecule has 0 radical (unpaired) electrons. The zero-order valence-corrected chi connectivity index (χ0v) is 9.74. The number of rotatable bonds is 4. The number of furan rings is 1. The molecule has 2 rings (SSSR count). The molecule has 2 aromatic rings. The van der Waals surface area contributed by atoms with E-state index in [9.17, 15) is 0 Å². The molecule has 3 nitrogen and oxygen atoms in total. The van der Waals surface area contributed by atoms with Crippen LogP contribution in [0.15, 0.2) is 41.1 Å². The van der Waals surface area contributed by atoms with Gasteiger partial charge in [-0.25, -0.2) is 4.98 Å². The van der Waals surface area contributed by atoms with Gasteiger partial charge in [-0.05, 0) is 30.7 Å². The zero-order chi connectivity index (χ0) is 11.4. The highest BCUT2D eigenvalue weighted by Crippen LogP contribution is 2.23. The summed E-state index contributed by atoms with van der Waals surface area (Å²) in [6.45, 7) is 2.10. The summed E-state index contributed by atoms with van der Waals surface area (Å²) in [6, 6.07) is 7.70. The van der Waals surface area contributed by atoms with Gasteiger partial charge in [0.2, 0.25) is 0 Å². The van der Waals surface area contributed by atoms with Gasteiger partial charge in [0, 0.05) is 11.9 Å². The van der Waals surface area contributed by atoms with Gasteiger partial charge < -0.3 is 9.73 Å². The second-order valence-corrected chi connectivity index (χ2v) is 3.88. The normalized spacial score (nSPS) is 12.4. The van der Waals surface area contributed by atoms with Gasteiger partial charge in [-0.2, -0.15) is 0 Å². The molecular formula is C12H13ClN2O. The average Bonchev–Trinajstić information content (AvgIpc) is 2.79. The standard InChI is InChI=1S/C12H13ClN2O/c1-2-10(11-4-3-7-16-11)15-9-5-6-14-12(13)8-9/h3-8,10H,2H2,1H3,(H,14,15). The number of aromatic nitrogens is 1. The molecule has 84 valence electrons. The maximum Gasteiger partial charge on any atom is 0.131 e. The maximum absolute atomic E-state index is 5.82. The van der Waals surface area contributed by atoms with E-state index in [4.69, 9.17) is 16.0 Å². The van der Waals surface area contributed by atoms with Crippen LogP contribution < -0.4 is 5.32 Å². The highest BCUT2D eigenvalue weighted by molar-refractivity contribution is 6.29. The van der Waals surface area contributed by atoms with Crippen LogP contribution in [0.2, 0.25) is 5.15 Å². The predicted molar refractivity (Wildman–Crippen MR) is 64.6 cm³/mol. The lowest BCUT2D eigenvalue weighted by Gasteiger charge is -2.15. The third-order valence-electron chi connectivity index (χ3n) is 2.36. The molecule has 16 heavy (non-hydrogen) atoms. The molecule has 4 heteroatoms. The summed E-state index contributed by atoms with van der Waals surface area (Å²) in [5.74, 6) is 0.926.